The standard InChI is InChI=1S/C40H44N2O6Si/c1-26-34(47-37(39(26)49(2,3)46)23-38(44)41-24-29-11-5-4-10-28(29)22-31(41)25-43)21-18-27-16-19-30(20-17-27)42-33-13-7-9-15-36(33)48-35-14-8-6-12-32(35)40(42)45/h4-17,19-20,26,31,34,37,39,43,46H,18,21-25H2,1-3H3/t26-,31+,34+,37-,39+/m1/s1. The van der Waals surface area contributed by atoms with E-state index in [2.05, 4.69) is 25.1 Å². The van der Waals surface area contributed by atoms with Crippen molar-refractivity contribution in [2.45, 2.75) is 76.0 Å². The Labute approximate surface area is 289 Å². The highest BCUT2D eigenvalue weighted by Gasteiger charge is 2.50. The van der Waals surface area contributed by atoms with Gasteiger partial charge in [0.15, 0.2) is 14.1 Å². The first-order chi connectivity index (χ1) is 23.6. The van der Waals surface area contributed by atoms with Crippen molar-refractivity contribution in [1.29, 1.82) is 0 Å². The number of hydrogen-bond donors (Lipinski definition) is 2. The van der Waals surface area contributed by atoms with E-state index in [9.17, 15) is 19.5 Å². The quantitative estimate of drug-likeness (QED) is 0.195. The number of aliphatic hydroxyl groups excluding tert-OH is 1. The molecule has 5 atom stereocenters. The van der Waals surface area contributed by atoms with Crippen molar-refractivity contribution >= 4 is 31.5 Å². The number of nitrogens with zero attached hydrogens (tertiary/aromatic N) is 2. The number of para-hydroxylation sites is 3. The van der Waals surface area contributed by atoms with Crippen LogP contribution in [0.4, 0.5) is 11.4 Å². The Morgan fingerprint density at radius 3 is 2.29 bits per heavy atom. The van der Waals surface area contributed by atoms with E-state index in [0.717, 1.165) is 29.7 Å². The average Bonchev–Trinajstić information content (AvgIpc) is 3.35. The smallest absolute Gasteiger partial charge is 0.266 e. The summed E-state index contributed by atoms with van der Waals surface area (Å²) in [5.74, 6) is 1.05. The Balaban J connectivity index is 1.05. The first-order valence-corrected chi connectivity index (χ1v) is 20.3. The fraction of sp³-hybridized carbons (Fsp3) is 0.350. The molecule has 0 radical (unpaired) electrons. The maximum Gasteiger partial charge on any atom is 0.266 e. The number of amides is 2. The number of aliphatic hydroxyl groups is 1. The third kappa shape index (κ3) is 6.56. The van der Waals surface area contributed by atoms with Crippen LogP contribution in [0.2, 0.25) is 18.6 Å². The molecule has 2 N–H and O–H groups in total. The van der Waals surface area contributed by atoms with E-state index in [-0.39, 0.29) is 54.6 Å². The van der Waals surface area contributed by atoms with Gasteiger partial charge in [0.25, 0.3) is 5.91 Å². The third-order valence-corrected chi connectivity index (χ3v) is 13.1. The van der Waals surface area contributed by atoms with Crippen LogP contribution in [0.15, 0.2) is 97.1 Å². The van der Waals surface area contributed by atoms with Crippen molar-refractivity contribution in [3.05, 3.63) is 119 Å². The molecule has 1 fully saturated rings. The molecule has 0 unspecified atom stereocenters. The molecule has 0 bridgehead atoms. The summed E-state index contributed by atoms with van der Waals surface area (Å²) in [4.78, 5) is 42.5. The van der Waals surface area contributed by atoms with Gasteiger partial charge in [0.1, 0.15) is 5.75 Å². The molecule has 3 heterocycles. The largest absolute Gasteiger partial charge is 0.454 e. The number of benzene rings is 4. The molecule has 0 saturated carbocycles. The SMILES string of the molecule is C[C@H]1[C@H]([Si](C)(C)O)[C@@H](CC(=O)N2Cc3ccccc3C[C@H]2CO)O[C@H]1CCc1ccc(N2C(=O)c3ccccc3Oc3ccccc32)cc1. The molecule has 49 heavy (non-hydrogen) atoms. The fourth-order valence-corrected chi connectivity index (χ4v) is 10.7. The molecule has 4 aromatic rings. The van der Waals surface area contributed by atoms with Crippen LogP contribution < -0.4 is 9.64 Å². The monoisotopic (exact) mass is 676 g/mol. The summed E-state index contributed by atoms with van der Waals surface area (Å²) in [5.41, 5.74) is 5.25. The molecule has 1 saturated heterocycles. The van der Waals surface area contributed by atoms with Crippen LogP contribution in [0.25, 0.3) is 0 Å². The lowest BCUT2D eigenvalue weighted by Gasteiger charge is -2.37. The topological polar surface area (TPSA) is 99.5 Å². The van der Waals surface area contributed by atoms with Crippen molar-refractivity contribution < 1.29 is 29.0 Å². The van der Waals surface area contributed by atoms with Crippen molar-refractivity contribution in [2.75, 3.05) is 11.5 Å². The lowest BCUT2D eigenvalue weighted by atomic mass is 9.93. The number of carbonyl (C=O) groups is 2. The summed E-state index contributed by atoms with van der Waals surface area (Å²) in [6.45, 7) is 6.40. The van der Waals surface area contributed by atoms with Gasteiger partial charge in [-0.3, -0.25) is 14.5 Å². The van der Waals surface area contributed by atoms with Crippen LogP contribution >= 0.6 is 0 Å². The van der Waals surface area contributed by atoms with Crippen LogP contribution in [0, 0.1) is 5.92 Å². The number of anilines is 2. The molecular formula is C40H44N2O6Si. The Kier molecular flexibility index (Phi) is 9.19. The summed E-state index contributed by atoms with van der Waals surface area (Å²) in [7, 11) is -2.68. The minimum Gasteiger partial charge on any atom is -0.454 e. The van der Waals surface area contributed by atoms with E-state index < -0.39 is 8.32 Å². The second-order valence-electron chi connectivity index (χ2n) is 14.2. The molecule has 0 spiro atoms. The van der Waals surface area contributed by atoms with E-state index in [1.165, 1.54) is 5.56 Å². The van der Waals surface area contributed by atoms with E-state index in [0.29, 0.717) is 35.7 Å². The van der Waals surface area contributed by atoms with Crippen LogP contribution in [0.3, 0.4) is 0 Å². The first kappa shape index (κ1) is 33.2. The second-order valence-corrected chi connectivity index (χ2v) is 18.2. The van der Waals surface area contributed by atoms with Crippen molar-refractivity contribution in [3.63, 3.8) is 0 Å². The highest BCUT2D eigenvalue weighted by molar-refractivity contribution is 6.71. The average molecular weight is 677 g/mol. The minimum atomic E-state index is -2.68. The Morgan fingerprint density at radius 2 is 1.55 bits per heavy atom. The highest BCUT2D eigenvalue weighted by Crippen LogP contribution is 2.46. The fourth-order valence-electron chi connectivity index (χ4n) is 8.12. The van der Waals surface area contributed by atoms with E-state index in [1.807, 2.05) is 85.9 Å². The Bertz CT molecular complexity index is 1840. The number of ether oxygens (including phenoxy) is 2. The lowest BCUT2D eigenvalue weighted by molar-refractivity contribution is -0.138. The Morgan fingerprint density at radius 1 is 0.878 bits per heavy atom. The summed E-state index contributed by atoms with van der Waals surface area (Å²) in [6, 6.07) is 30.7. The van der Waals surface area contributed by atoms with Crippen LogP contribution in [-0.4, -0.2) is 59.8 Å². The Hall–Kier alpha value is -4.28. The summed E-state index contributed by atoms with van der Waals surface area (Å²) >= 11 is 0. The molecule has 3 aliphatic heterocycles. The number of hydrogen-bond acceptors (Lipinski definition) is 6. The number of rotatable bonds is 8. The molecule has 0 aromatic heterocycles. The molecule has 8 nitrogen and oxygen atoms in total. The molecular weight excluding hydrogens is 633 g/mol. The predicted octanol–water partition coefficient (Wildman–Crippen LogP) is 7.01. The zero-order chi connectivity index (χ0) is 34.3. The first-order valence-electron chi connectivity index (χ1n) is 17.3. The van der Waals surface area contributed by atoms with Gasteiger partial charge in [-0.05, 0) is 91.4 Å². The van der Waals surface area contributed by atoms with E-state index in [4.69, 9.17) is 9.47 Å². The maximum absolute atomic E-state index is 13.8. The normalized spacial score (nSPS) is 23.3. The van der Waals surface area contributed by atoms with Gasteiger partial charge in [0.2, 0.25) is 5.91 Å². The maximum atomic E-state index is 13.8. The van der Waals surface area contributed by atoms with Crippen LogP contribution in [-0.2, 0) is 28.9 Å². The van der Waals surface area contributed by atoms with Gasteiger partial charge < -0.3 is 24.3 Å². The van der Waals surface area contributed by atoms with Crippen LogP contribution in [0.5, 0.6) is 11.5 Å². The second kappa shape index (κ2) is 13.6. The van der Waals surface area contributed by atoms with Crippen LogP contribution in [0.1, 0.15) is 46.8 Å². The molecule has 4 aromatic carbocycles. The molecule has 0 aliphatic carbocycles. The molecule has 3 aliphatic rings. The van der Waals surface area contributed by atoms with Gasteiger partial charge >= 0.3 is 0 Å². The zero-order valence-corrected chi connectivity index (χ0v) is 29.3. The van der Waals surface area contributed by atoms with Crippen molar-refractivity contribution in [2.24, 2.45) is 5.92 Å². The van der Waals surface area contributed by atoms with Crippen molar-refractivity contribution in [3.8, 4) is 11.5 Å². The molecule has 7 rings (SSSR count). The highest BCUT2D eigenvalue weighted by atomic mass is 28.4. The van der Waals surface area contributed by atoms with Gasteiger partial charge in [0.05, 0.1) is 42.5 Å². The minimum absolute atomic E-state index is 0.0390. The van der Waals surface area contributed by atoms with Gasteiger partial charge in [0, 0.05) is 17.8 Å². The summed E-state index contributed by atoms with van der Waals surface area (Å²) < 4.78 is 12.8. The molecule has 9 heteroatoms. The van der Waals surface area contributed by atoms with Crippen molar-refractivity contribution in [1.82, 2.24) is 4.90 Å². The summed E-state index contributed by atoms with van der Waals surface area (Å²) in [6.07, 6.45) is 1.83. The number of aryl methyl sites for hydroxylation is 1. The van der Waals surface area contributed by atoms with Gasteiger partial charge in [-0.2, -0.15) is 0 Å². The van der Waals surface area contributed by atoms with E-state index >= 15 is 0 Å². The zero-order valence-electron chi connectivity index (χ0n) is 28.3. The van der Waals surface area contributed by atoms with Gasteiger partial charge in [-0.15, -0.1) is 0 Å². The predicted molar refractivity (Wildman–Crippen MR) is 192 cm³/mol. The lowest BCUT2D eigenvalue weighted by Crippen LogP contribution is -2.48. The van der Waals surface area contributed by atoms with E-state index in [1.54, 1.807) is 15.9 Å². The molecule has 2 amide bonds. The number of fused-ring (bicyclic) bond motifs is 3. The van der Waals surface area contributed by atoms with Gasteiger partial charge in [-0.1, -0.05) is 67.6 Å². The third-order valence-electron chi connectivity index (χ3n) is 10.5. The number of carbonyl (C=O) groups excluding carboxylic acids is 2. The summed E-state index contributed by atoms with van der Waals surface area (Å²) in [5, 5.41) is 10.2. The van der Waals surface area contributed by atoms with Gasteiger partial charge in [-0.25, -0.2) is 0 Å². The molecule has 254 valence electrons.